The van der Waals surface area contributed by atoms with Crippen molar-refractivity contribution in [3.05, 3.63) is 35.6 Å². The summed E-state index contributed by atoms with van der Waals surface area (Å²) >= 11 is 0. The minimum atomic E-state index is -0.268. The molecule has 1 amide bonds. The first-order valence-corrected chi connectivity index (χ1v) is 5.82. The second kappa shape index (κ2) is 7.01. The summed E-state index contributed by atoms with van der Waals surface area (Å²) in [6, 6.07) is 6.32. The van der Waals surface area contributed by atoms with Gasteiger partial charge in [-0.05, 0) is 24.2 Å². The van der Waals surface area contributed by atoms with Gasteiger partial charge in [0.1, 0.15) is 5.82 Å². The van der Waals surface area contributed by atoms with Gasteiger partial charge in [-0.15, -0.1) is 0 Å². The Bertz CT molecular complexity index is 368. The van der Waals surface area contributed by atoms with E-state index in [9.17, 15) is 9.18 Å². The smallest absolute Gasteiger partial charge is 0.223 e. The molecule has 0 aromatic heterocycles. The second-order valence-electron chi connectivity index (χ2n) is 3.98. The van der Waals surface area contributed by atoms with Crippen LogP contribution in [-0.4, -0.2) is 30.9 Å². The summed E-state index contributed by atoms with van der Waals surface area (Å²) < 4.78 is 13.0. The molecule has 0 atom stereocenters. The van der Waals surface area contributed by atoms with Crippen molar-refractivity contribution < 1.29 is 9.18 Å². The summed E-state index contributed by atoms with van der Waals surface area (Å²) in [6.45, 7) is 3.99. The van der Waals surface area contributed by atoms with Crippen molar-refractivity contribution in [2.45, 2.75) is 19.9 Å². The van der Waals surface area contributed by atoms with Gasteiger partial charge in [-0.3, -0.25) is 4.79 Å². The van der Waals surface area contributed by atoms with Crippen molar-refractivity contribution in [3.8, 4) is 0 Å². The molecule has 1 N–H and O–H groups in total. The maximum absolute atomic E-state index is 13.0. The summed E-state index contributed by atoms with van der Waals surface area (Å²) in [7, 11) is 1.74. The van der Waals surface area contributed by atoms with Crippen molar-refractivity contribution in [1.29, 1.82) is 0 Å². The molecule has 0 bridgehead atoms. The van der Waals surface area contributed by atoms with Crippen LogP contribution in [0.15, 0.2) is 24.3 Å². The van der Waals surface area contributed by atoms with E-state index in [0.29, 0.717) is 19.5 Å². The van der Waals surface area contributed by atoms with Gasteiger partial charge in [0.05, 0.1) is 0 Å². The highest BCUT2D eigenvalue weighted by molar-refractivity contribution is 5.76. The second-order valence-corrected chi connectivity index (χ2v) is 3.98. The Kier molecular flexibility index (Phi) is 5.63. The molecule has 0 aliphatic heterocycles. The van der Waals surface area contributed by atoms with Gasteiger partial charge in [-0.1, -0.05) is 19.1 Å². The number of carbonyl (C=O) groups excluding carboxylic acids is 1. The van der Waals surface area contributed by atoms with E-state index in [1.54, 1.807) is 18.0 Å². The van der Waals surface area contributed by atoms with Gasteiger partial charge in [-0.25, -0.2) is 4.39 Å². The van der Waals surface area contributed by atoms with E-state index in [0.717, 1.165) is 12.1 Å². The molecule has 1 rings (SSSR count). The molecule has 0 fully saturated rings. The first kappa shape index (κ1) is 13.6. The van der Waals surface area contributed by atoms with Crippen LogP contribution in [0.1, 0.15) is 18.9 Å². The lowest BCUT2D eigenvalue weighted by Crippen LogP contribution is -2.29. The molecule has 0 aliphatic rings. The molecule has 17 heavy (non-hydrogen) atoms. The van der Waals surface area contributed by atoms with E-state index in [-0.39, 0.29) is 11.7 Å². The van der Waals surface area contributed by atoms with E-state index < -0.39 is 0 Å². The van der Waals surface area contributed by atoms with Crippen LogP contribution in [0, 0.1) is 5.82 Å². The monoisotopic (exact) mass is 238 g/mol. The average molecular weight is 238 g/mol. The van der Waals surface area contributed by atoms with Gasteiger partial charge in [-0.2, -0.15) is 0 Å². The Labute approximate surface area is 102 Å². The van der Waals surface area contributed by atoms with Crippen LogP contribution in [0.4, 0.5) is 4.39 Å². The molecular weight excluding hydrogens is 219 g/mol. The van der Waals surface area contributed by atoms with Crippen LogP contribution in [-0.2, 0) is 11.3 Å². The van der Waals surface area contributed by atoms with Gasteiger partial charge >= 0.3 is 0 Å². The minimum absolute atomic E-state index is 0.0650. The SMILES string of the molecule is CCNCCC(=O)N(C)Cc1cccc(F)c1. The quantitative estimate of drug-likeness (QED) is 0.766. The molecule has 0 aliphatic carbocycles. The van der Waals surface area contributed by atoms with E-state index in [2.05, 4.69) is 5.32 Å². The van der Waals surface area contributed by atoms with Crippen LogP contribution >= 0.6 is 0 Å². The van der Waals surface area contributed by atoms with Crippen molar-refractivity contribution in [1.82, 2.24) is 10.2 Å². The van der Waals surface area contributed by atoms with Crippen molar-refractivity contribution >= 4 is 5.91 Å². The fourth-order valence-corrected chi connectivity index (χ4v) is 1.56. The predicted molar refractivity (Wildman–Crippen MR) is 66.0 cm³/mol. The van der Waals surface area contributed by atoms with Crippen LogP contribution in [0.5, 0.6) is 0 Å². The number of hydrogen-bond acceptors (Lipinski definition) is 2. The van der Waals surface area contributed by atoms with Crippen molar-refractivity contribution in [2.75, 3.05) is 20.1 Å². The van der Waals surface area contributed by atoms with Crippen molar-refractivity contribution in [3.63, 3.8) is 0 Å². The average Bonchev–Trinajstić information content (AvgIpc) is 2.29. The lowest BCUT2D eigenvalue weighted by Gasteiger charge is -2.17. The molecule has 1 aromatic rings. The third kappa shape index (κ3) is 4.95. The highest BCUT2D eigenvalue weighted by atomic mass is 19.1. The first-order valence-electron chi connectivity index (χ1n) is 5.82. The Hall–Kier alpha value is -1.42. The summed E-state index contributed by atoms with van der Waals surface area (Å²) in [4.78, 5) is 13.3. The Morgan fingerprint density at radius 1 is 1.47 bits per heavy atom. The number of rotatable bonds is 6. The standard InChI is InChI=1S/C13H19FN2O/c1-3-15-8-7-13(17)16(2)10-11-5-4-6-12(14)9-11/h4-6,9,15H,3,7-8,10H2,1-2H3. The molecule has 0 unspecified atom stereocenters. The van der Waals surface area contributed by atoms with Gasteiger partial charge in [0.25, 0.3) is 0 Å². The molecule has 1 aromatic carbocycles. The largest absolute Gasteiger partial charge is 0.341 e. The zero-order valence-corrected chi connectivity index (χ0v) is 10.4. The molecule has 0 heterocycles. The first-order chi connectivity index (χ1) is 8.13. The highest BCUT2D eigenvalue weighted by Gasteiger charge is 2.08. The lowest BCUT2D eigenvalue weighted by molar-refractivity contribution is -0.130. The number of halogens is 1. The molecule has 94 valence electrons. The Morgan fingerprint density at radius 3 is 2.88 bits per heavy atom. The lowest BCUT2D eigenvalue weighted by atomic mass is 10.2. The fraction of sp³-hybridized carbons (Fsp3) is 0.462. The maximum Gasteiger partial charge on any atom is 0.223 e. The number of benzene rings is 1. The molecule has 0 saturated carbocycles. The van der Waals surface area contributed by atoms with Crippen LogP contribution in [0.2, 0.25) is 0 Å². The van der Waals surface area contributed by atoms with Gasteiger partial charge in [0.15, 0.2) is 0 Å². The summed E-state index contributed by atoms with van der Waals surface area (Å²) in [6.07, 6.45) is 0.472. The fourth-order valence-electron chi connectivity index (χ4n) is 1.56. The maximum atomic E-state index is 13.0. The molecule has 0 saturated heterocycles. The number of hydrogen-bond donors (Lipinski definition) is 1. The number of nitrogens with one attached hydrogen (secondary N) is 1. The third-order valence-electron chi connectivity index (χ3n) is 2.50. The van der Waals surface area contributed by atoms with Gasteiger partial charge in [0.2, 0.25) is 5.91 Å². The topological polar surface area (TPSA) is 32.3 Å². The summed E-state index contributed by atoms with van der Waals surface area (Å²) in [5.74, 6) is -0.203. The molecule has 4 heteroatoms. The summed E-state index contributed by atoms with van der Waals surface area (Å²) in [5.41, 5.74) is 0.810. The van der Waals surface area contributed by atoms with Crippen LogP contribution < -0.4 is 5.32 Å². The predicted octanol–water partition coefficient (Wildman–Crippen LogP) is 1.78. The van der Waals surface area contributed by atoms with E-state index in [1.807, 2.05) is 13.0 Å². The number of amides is 1. The Balaban J connectivity index is 2.43. The molecule has 0 radical (unpaired) electrons. The molecular formula is C13H19FN2O. The van der Waals surface area contributed by atoms with E-state index >= 15 is 0 Å². The van der Waals surface area contributed by atoms with Crippen LogP contribution in [0.25, 0.3) is 0 Å². The number of carbonyl (C=O) groups is 1. The Morgan fingerprint density at radius 2 is 2.24 bits per heavy atom. The minimum Gasteiger partial charge on any atom is -0.341 e. The van der Waals surface area contributed by atoms with Crippen LogP contribution in [0.3, 0.4) is 0 Å². The highest BCUT2D eigenvalue weighted by Crippen LogP contribution is 2.06. The molecule has 0 spiro atoms. The van der Waals surface area contributed by atoms with Gasteiger partial charge < -0.3 is 10.2 Å². The zero-order chi connectivity index (χ0) is 12.7. The zero-order valence-electron chi connectivity index (χ0n) is 10.4. The normalized spacial score (nSPS) is 10.3. The van der Waals surface area contributed by atoms with E-state index in [1.165, 1.54) is 12.1 Å². The van der Waals surface area contributed by atoms with E-state index in [4.69, 9.17) is 0 Å². The molecule has 3 nitrogen and oxygen atoms in total. The van der Waals surface area contributed by atoms with Gasteiger partial charge in [0, 0.05) is 26.6 Å². The van der Waals surface area contributed by atoms with Crippen molar-refractivity contribution in [2.24, 2.45) is 0 Å². The number of nitrogens with zero attached hydrogens (tertiary/aromatic N) is 1. The third-order valence-corrected chi connectivity index (χ3v) is 2.50. The summed E-state index contributed by atoms with van der Waals surface area (Å²) in [5, 5.41) is 3.10.